The second-order valence-electron chi connectivity index (χ2n) is 4.28. The largest absolute Gasteiger partial charge is 0.490 e. The molecule has 1 aliphatic rings. The molecular weight excluding hydrogens is 232 g/mol. The average molecular weight is 248 g/mol. The van der Waals surface area contributed by atoms with Gasteiger partial charge in [-0.05, 0) is 25.6 Å². The normalized spacial score (nSPS) is 15.8. The third kappa shape index (κ3) is 2.66. The third-order valence-corrected chi connectivity index (χ3v) is 2.69. The van der Waals surface area contributed by atoms with E-state index in [0.29, 0.717) is 18.0 Å². The standard InChI is InChI=1S/C13H16N2O3/c1-3-15-13(2,7-14)8-16-10-4-5-11-12(6-10)18-9-17-11/h4-6,15H,3,8-9H2,1-2H3. The number of nitrogens with zero attached hydrogens (tertiary/aromatic N) is 1. The molecule has 0 saturated carbocycles. The van der Waals surface area contributed by atoms with Crippen LogP contribution in [0.2, 0.25) is 0 Å². The summed E-state index contributed by atoms with van der Waals surface area (Å²) in [5, 5.41) is 12.2. The number of hydrogen-bond donors (Lipinski definition) is 1. The van der Waals surface area contributed by atoms with Gasteiger partial charge in [0.2, 0.25) is 6.79 Å². The van der Waals surface area contributed by atoms with Gasteiger partial charge in [-0.25, -0.2) is 0 Å². The molecule has 0 saturated heterocycles. The van der Waals surface area contributed by atoms with Gasteiger partial charge in [-0.1, -0.05) is 6.92 Å². The molecule has 1 heterocycles. The first-order valence-electron chi connectivity index (χ1n) is 5.85. The smallest absolute Gasteiger partial charge is 0.231 e. The molecule has 96 valence electrons. The van der Waals surface area contributed by atoms with Crippen LogP contribution < -0.4 is 19.5 Å². The van der Waals surface area contributed by atoms with Crippen molar-refractivity contribution in [3.05, 3.63) is 18.2 Å². The highest BCUT2D eigenvalue weighted by Gasteiger charge is 2.23. The number of benzene rings is 1. The molecule has 0 aliphatic carbocycles. The van der Waals surface area contributed by atoms with E-state index in [0.717, 1.165) is 5.75 Å². The van der Waals surface area contributed by atoms with Crippen LogP contribution in [-0.2, 0) is 0 Å². The minimum absolute atomic E-state index is 0.242. The monoisotopic (exact) mass is 248 g/mol. The number of nitriles is 1. The van der Waals surface area contributed by atoms with E-state index >= 15 is 0 Å². The van der Waals surface area contributed by atoms with Crippen molar-refractivity contribution in [3.63, 3.8) is 0 Å². The molecule has 0 fully saturated rings. The van der Waals surface area contributed by atoms with Gasteiger partial charge in [-0.15, -0.1) is 0 Å². The molecule has 1 unspecified atom stereocenters. The number of fused-ring (bicyclic) bond motifs is 1. The zero-order valence-electron chi connectivity index (χ0n) is 10.5. The molecule has 1 aromatic carbocycles. The van der Waals surface area contributed by atoms with Crippen LogP contribution in [0.15, 0.2) is 18.2 Å². The van der Waals surface area contributed by atoms with E-state index in [-0.39, 0.29) is 13.4 Å². The number of likely N-dealkylation sites (N-methyl/N-ethyl adjacent to an activating group) is 1. The predicted octanol–water partition coefficient (Wildman–Crippen LogP) is 1.69. The first-order valence-corrected chi connectivity index (χ1v) is 5.85. The molecule has 2 rings (SSSR count). The lowest BCUT2D eigenvalue weighted by molar-refractivity contribution is 0.173. The average Bonchev–Trinajstić information content (AvgIpc) is 2.84. The Kier molecular flexibility index (Phi) is 3.58. The summed E-state index contributed by atoms with van der Waals surface area (Å²) in [7, 11) is 0. The first-order chi connectivity index (χ1) is 8.67. The summed E-state index contributed by atoms with van der Waals surface area (Å²) in [6.45, 7) is 5.00. The van der Waals surface area contributed by atoms with Crippen molar-refractivity contribution < 1.29 is 14.2 Å². The van der Waals surface area contributed by atoms with E-state index in [9.17, 15) is 0 Å². The van der Waals surface area contributed by atoms with Crippen LogP contribution in [-0.4, -0.2) is 25.5 Å². The van der Waals surface area contributed by atoms with Crippen molar-refractivity contribution in [2.75, 3.05) is 19.9 Å². The number of hydrogen-bond acceptors (Lipinski definition) is 5. The molecule has 5 nitrogen and oxygen atoms in total. The molecule has 1 atom stereocenters. The Morgan fingerprint density at radius 3 is 2.94 bits per heavy atom. The Morgan fingerprint density at radius 2 is 2.22 bits per heavy atom. The topological polar surface area (TPSA) is 63.5 Å². The van der Waals surface area contributed by atoms with Gasteiger partial charge in [-0.3, -0.25) is 5.32 Å². The molecule has 0 amide bonds. The van der Waals surface area contributed by atoms with E-state index in [2.05, 4.69) is 11.4 Å². The lowest BCUT2D eigenvalue weighted by atomic mass is 10.1. The SMILES string of the molecule is CCNC(C)(C#N)COc1ccc2c(c1)OCO2. The second kappa shape index (κ2) is 5.15. The van der Waals surface area contributed by atoms with Gasteiger partial charge in [0.1, 0.15) is 17.9 Å². The van der Waals surface area contributed by atoms with Crippen LogP contribution in [0, 0.1) is 11.3 Å². The van der Waals surface area contributed by atoms with Gasteiger partial charge in [-0.2, -0.15) is 5.26 Å². The summed E-state index contributed by atoms with van der Waals surface area (Å²) in [5.41, 5.74) is -0.689. The quantitative estimate of drug-likeness (QED) is 0.859. The summed E-state index contributed by atoms with van der Waals surface area (Å²) in [6, 6.07) is 7.58. The molecule has 0 spiro atoms. The Hall–Kier alpha value is -1.93. The maximum atomic E-state index is 9.11. The van der Waals surface area contributed by atoms with Crippen molar-refractivity contribution in [1.29, 1.82) is 5.26 Å². The second-order valence-corrected chi connectivity index (χ2v) is 4.28. The van der Waals surface area contributed by atoms with E-state index < -0.39 is 5.54 Å². The van der Waals surface area contributed by atoms with Crippen LogP contribution in [0.3, 0.4) is 0 Å². The maximum Gasteiger partial charge on any atom is 0.231 e. The van der Waals surface area contributed by atoms with E-state index in [1.54, 1.807) is 18.2 Å². The van der Waals surface area contributed by atoms with Crippen LogP contribution in [0.5, 0.6) is 17.2 Å². The van der Waals surface area contributed by atoms with Crippen LogP contribution in [0.4, 0.5) is 0 Å². The lowest BCUT2D eigenvalue weighted by Crippen LogP contribution is -2.46. The van der Waals surface area contributed by atoms with Gasteiger partial charge in [0.25, 0.3) is 0 Å². The zero-order chi connectivity index (χ0) is 13.0. The summed E-state index contributed by atoms with van der Waals surface area (Å²) < 4.78 is 16.1. The third-order valence-electron chi connectivity index (χ3n) is 2.69. The predicted molar refractivity (Wildman–Crippen MR) is 65.8 cm³/mol. The molecule has 1 aliphatic heterocycles. The highest BCUT2D eigenvalue weighted by molar-refractivity contribution is 5.46. The van der Waals surface area contributed by atoms with Crippen molar-refractivity contribution in [2.45, 2.75) is 19.4 Å². The van der Waals surface area contributed by atoms with Crippen molar-refractivity contribution in [1.82, 2.24) is 5.32 Å². The summed E-state index contributed by atoms with van der Waals surface area (Å²) in [6.07, 6.45) is 0. The lowest BCUT2D eigenvalue weighted by Gasteiger charge is -2.22. The fourth-order valence-electron chi connectivity index (χ4n) is 1.71. The van der Waals surface area contributed by atoms with Crippen molar-refractivity contribution >= 4 is 0 Å². The minimum Gasteiger partial charge on any atom is -0.490 e. The zero-order valence-corrected chi connectivity index (χ0v) is 10.5. The fourth-order valence-corrected chi connectivity index (χ4v) is 1.71. The van der Waals surface area contributed by atoms with Crippen LogP contribution >= 0.6 is 0 Å². The maximum absolute atomic E-state index is 9.11. The van der Waals surface area contributed by atoms with Crippen LogP contribution in [0.1, 0.15) is 13.8 Å². The summed E-state index contributed by atoms with van der Waals surface area (Å²) in [5.74, 6) is 2.06. The molecule has 1 N–H and O–H groups in total. The van der Waals surface area contributed by atoms with Gasteiger partial charge in [0.15, 0.2) is 11.5 Å². The number of nitrogens with one attached hydrogen (secondary N) is 1. The van der Waals surface area contributed by atoms with E-state index in [1.165, 1.54) is 0 Å². The minimum atomic E-state index is -0.689. The molecular formula is C13H16N2O3. The van der Waals surface area contributed by atoms with Crippen molar-refractivity contribution in [2.24, 2.45) is 0 Å². The Morgan fingerprint density at radius 1 is 1.44 bits per heavy atom. The Balaban J connectivity index is 2.00. The molecule has 0 aromatic heterocycles. The van der Waals surface area contributed by atoms with E-state index in [4.69, 9.17) is 19.5 Å². The number of ether oxygens (including phenoxy) is 3. The van der Waals surface area contributed by atoms with Crippen molar-refractivity contribution in [3.8, 4) is 23.3 Å². The summed E-state index contributed by atoms with van der Waals surface area (Å²) in [4.78, 5) is 0. The van der Waals surface area contributed by atoms with Gasteiger partial charge in [0.05, 0.1) is 6.07 Å². The Bertz CT molecular complexity index is 470. The fraction of sp³-hybridized carbons (Fsp3) is 0.462. The van der Waals surface area contributed by atoms with Crippen LogP contribution in [0.25, 0.3) is 0 Å². The summed E-state index contributed by atoms with van der Waals surface area (Å²) >= 11 is 0. The number of rotatable bonds is 5. The highest BCUT2D eigenvalue weighted by Crippen LogP contribution is 2.35. The molecule has 5 heteroatoms. The van der Waals surface area contributed by atoms with Gasteiger partial charge < -0.3 is 14.2 Å². The molecule has 0 radical (unpaired) electrons. The molecule has 1 aromatic rings. The molecule has 18 heavy (non-hydrogen) atoms. The highest BCUT2D eigenvalue weighted by atomic mass is 16.7. The molecule has 0 bridgehead atoms. The van der Waals surface area contributed by atoms with E-state index in [1.807, 2.05) is 13.8 Å². The first kappa shape index (κ1) is 12.5. The Labute approximate surface area is 106 Å². The van der Waals surface area contributed by atoms with Gasteiger partial charge >= 0.3 is 0 Å². The van der Waals surface area contributed by atoms with Gasteiger partial charge in [0, 0.05) is 6.07 Å².